The van der Waals surface area contributed by atoms with Gasteiger partial charge in [-0.25, -0.2) is 15.0 Å². The molecule has 0 aliphatic rings. The second-order valence-electron chi connectivity index (χ2n) is 4.38. The van der Waals surface area contributed by atoms with E-state index < -0.39 is 0 Å². The lowest BCUT2D eigenvalue weighted by Gasteiger charge is -2.12. The maximum Gasteiger partial charge on any atom is 0.179 e. The Hall–Kier alpha value is -1.42. The summed E-state index contributed by atoms with van der Waals surface area (Å²) in [5, 5.41) is 0.531. The molecular formula is C12H15ClN4. The molecule has 0 saturated heterocycles. The molecule has 0 fully saturated rings. The summed E-state index contributed by atoms with van der Waals surface area (Å²) < 4.78 is 1.88. The van der Waals surface area contributed by atoms with Gasteiger partial charge in [-0.1, -0.05) is 25.4 Å². The molecule has 2 aromatic rings. The summed E-state index contributed by atoms with van der Waals surface area (Å²) >= 11 is 6.22. The molecule has 0 spiro atoms. The normalized spacial score (nSPS) is 11.2. The number of nitrogens with zero attached hydrogens (tertiary/aromatic N) is 4. The number of aryl methyl sites for hydroxylation is 2. The summed E-state index contributed by atoms with van der Waals surface area (Å²) in [6.07, 6.45) is 3.46. The molecular weight excluding hydrogens is 236 g/mol. The van der Waals surface area contributed by atoms with E-state index in [1.54, 1.807) is 12.5 Å². The van der Waals surface area contributed by atoms with Crippen LogP contribution in [0.15, 0.2) is 12.5 Å². The van der Waals surface area contributed by atoms with Crippen molar-refractivity contribution in [1.29, 1.82) is 0 Å². The van der Waals surface area contributed by atoms with Crippen molar-refractivity contribution in [2.24, 2.45) is 7.05 Å². The number of aromatic nitrogens is 4. The van der Waals surface area contributed by atoms with E-state index in [0.717, 1.165) is 17.0 Å². The van der Waals surface area contributed by atoms with Gasteiger partial charge >= 0.3 is 0 Å². The zero-order valence-corrected chi connectivity index (χ0v) is 11.2. The van der Waals surface area contributed by atoms with Crippen LogP contribution in [0.1, 0.15) is 31.0 Å². The summed E-state index contributed by atoms with van der Waals surface area (Å²) in [5.41, 5.74) is 2.80. The van der Waals surface area contributed by atoms with Gasteiger partial charge in [0.05, 0.1) is 12.5 Å². The zero-order chi connectivity index (χ0) is 12.6. The molecule has 0 aliphatic heterocycles. The van der Waals surface area contributed by atoms with Crippen LogP contribution in [0.2, 0.25) is 5.15 Å². The predicted octanol–water partition coefficient (Wildman–Crippen LogP) is 2.96. The van der Waals surface area contributed by atoms with Gasteiger partial charge in [0.25, 0.3) is 0 Å². The van der Waals surface area contributed by atoms with Gasteiger partial charge in [-0.2, -0.15) is 0 Å². The Morgan fingerprint density at radius 1 is 1.29 bits per heavy atom. The van der Waals surface area contributed by atoms with E-state index in [1.165, 1.54) is 0 Å². The first-order chi connectivity index (χ1) is 8.00. The third-order valence-corrected chi connectivity index (χ3v) is 3.00. The standard InChI is InChI=1S/C12H15ClN4/c1-7(2)10-8(3)15-12(16-11(10)13)9-5-14-6-17(9)4/h5-7H,1-4H3. The number of hydrogen-bond donors (Lipinski definition) is 0. The molecule has 0 saturated carbocycles. The Kier molecular flexibility index (Phi) is 3.15. The average Bonchev–Trinajstić information content (AvgIpc) is 2.62. The van der Waals surface area contributed by atoms with E-state index in [4.69, 9.17) is 11.6 Å². The second kappa shape index (κ2) is 4.45. The average molecular weight is 251 g/mol. The van der Waals surface area contributed by atoms with Gasteiger partial charge in [0, 0.05) is 18.3 Å². The van der Waals surface area contributed by atoms with Gasteiger partial charge in [-0.15, -0.1) is 0 Å². The fourth-order valence-corrected chi connectivity index (χ4v) is 2.32. The maximum absolute atomic E-state index is 6.22. The van der Waals surface area contributed by atoms with Crippen LogP contribution in [0.25, 0.3) is 11.5 Å². The Labute approximate surface area is 106 Å². The van der Waals surface area contributed by atoms with Crippen molar-refractivity contribution in [3.63, 3.8) is 0 Å². The summed E-state index contributed by atoms with van der Waals surface area (Å²) in [6.45, 7) is 6.13. The van der Waals surface area contributed by atoms with E-state index in [0.29, 0.717) is 16.9 Å². The van der Waals surface area contributed by atoms with Gasteiger partial charge in [0.2, 0.25) is 0 Å². The Morgan fingerprint density at radius 3 is 2.47 bits per heavy atom. The van der Waals surface area contributed by atoms with Crippen molar-refractivity contribution in [3.8, 4) is 11.5 Å². The first-order valence-electron chi connectivity index (χ1n) is 5.51. The maximum atomic E-state index is 6.22. The highest BCUT2D eigenvalue weighted by Gasteiger charge is 2.15. The summed E-state index contributed by atoms with van der Waals surface area (Å²) in [7, 11) is 1.91. The highest BCUT2D eigenvalue weighted by atomic mass is 35.5. The minimum atomic E-state index is 0.322. The fraction of sp³-hybridized carbons (Fsp3) is 0.417. The molecule has 2 heterocycles. The van der Waals surface area contributed by atoms with E-state index in [9.17, 15) is 0 Å². The fourth-order valence-electron chi connectivity index (χ4n) is 1.89. The quantitative estimate of drug-likeness (QED) is 0.770. The van der Waals surface area contributed by atoms with Crippen molar-refractivity contribution in [3.05, 3.63) is 28.9 Å². The van der Waals surface area contributed by atoms with Crippen molar-refractivity contribution in [2.75, 3.05) is 0 Å². The molecule has 2 rings (SSSR count). The molecule has 0 radical (unpaired) electrons. The van der Waals surface area contributed by atoms with E-state index in [1.807, 2.05) is 18.5 Å². The van der Waals surface area contributed by atoms with E-state index in [2.05, 4.69) is 28.8 Å². The molecule has 0 bridgehead atoms. The van der Waals surface area contributed by atoms with Crippen LogP contribution < -0.4 is 0 Å². The van der Waals surface area contributed by atoms with Crippen LogP contribution in [0, 0.1) is 6.92 Å². The lowest BCUT2D eigenvalue weighted by Crippen LogP contribution is -2.03. The van der Waals surface area contributed by atoms with Crippen LogP contribution in [-0.2, 0) is 7.05 Å². The predicted molar refractivity (Wildman–Crippen MR) is 68.1 cm³/mol. The molecule has 0 N–H and O–H groups in total. The van der Waals surface area contributed by atoms with Crippen LogP contribution >= 0.6 is 11.6 Å². The van der Waals surface area contributed by atoms with Gasteiger partial charge in [-0.3, -0.25) is 0 Å². The van der Waals surface area contributed by atoms with Gasteiger partial charge in [0.15, 0.2) is 5.82 Å². The summed E-state index contributed by atoms with van der Waals surface area (Å²) in [5.74, 6) is 0.944. The summed E-state index contributed by atoms with van der Waals surface area (Å²) in [4.78, 5) is 12.9. The third kappa shape index (κ3) is 2.17. The van der Waals surface area contributed by atoms with E-state index in [-0.39, 0.29) is 0 Å². The van der Waals surface area contributed by atoms with Crippen molar-refractivity contribution < 1.29 is 0 Å². The molecule has 5 heteroatoms. The molecule has 0 atom stereocenters. The second-order valence-corrected chi connectivity index (χ2v) is 4.74. The highest BCUT2D eigenvalue weighted by Crippen LogP contribution is 2.27. The number of imidazole rings is 1. The van der Waals surface area contributed by atoms with Gasteiger partial charge in [-0.05, 0) is 12.8 Å². The Morgan fingerprint density at radius 2 is 2.00 bits per heavy atom. The van der Waals surface area contributed by atoms with Crippen molar-refractivity contribution >= 4 is 11.6 Å². The van der Waals surface area contributed by atoms with Crippen molar-refractivity contribution in [2.45, 2.75) is 26.7 Å². The number of hydrogen-bond acceptors (Lipinski definition) is 3. The zero-order valence-electron chi connectivity index (χ0n) is 10.4. The van der Waals surface area contributed by atoms with E-state index >= 15 is 0 Å². The number of rotatable bonds is 2. The monoisotopic (exact) mass is 250 g/mol. The number of halogens is 1. The minimum Gasteiger partial charge on any atom is -0.331 e. The molecule has 0 unspecified atom stereocenters. The Bertz CT molecular complexity index is 522. The van der Waals surface area contributed by atoms with Crippen LogP contribution in [0.5, 0.6) is 0 Å². The first kappa shape index (κ1) is 12.0. The Balaban J connectivity index is 2.57. The largest absolute Gasteiger partial charge is 0.331 e. The van der Waals surface area contributed by atoms with Crippen LogP contribution in [0.3, 0.4) is 0 Å². The summed E-state index contributed by atoms with van der Waals surface area (Å²) in [6, 6.07) is 0. The van der Waals surface area contributed by atoms with Crippen LogP contribution in [0.4, 0.5) is 0 Å². The smallest absolute Gasteiger partial charge is 0.179 e. The van der Waals surface area contributed by atoms with Crippen LogP contribution in [-0.4, -0.2) is 19.5 Å². The molecule has 2 aromatic heterocycles. The van der Waals surface area contributed by atoms with Crippen molar-refractivity contribution in [1.82, 2.24) is 19.5 Å². The minimum absolute atomic E-state index is 0.322. The molecule has 0 amide bonds. The molecule has 0 aromatic carbocycles. The SMILES string of the molecule is Cc1nc(-c2cncn2C)nc(Cl)c1C(C)C. The third-order valence-electron chi connectivity index (χ3n) is 2.71. The molecule has 17 heavy (non-hydrogen) atoms. The lowest BCUT2D eigenvalue weighted by molar-refractivity contribution is 0.826. The lowest BCUT2D eigenvalue weighted by atomic mass is 10.0. The highest BCUT2D eigenvalue weighted by molar-refractivity contribution is 6.30. The molecule has 90 valence electrons. The molecule has 0 aliphatic carbocycles. The van der Waals surface area contributed by atoms with Gasteiger partial charge < -0.3 is 4.57 Å². The molecule has 4 nitrogen and oxygen atoms in total. The first-order valence-corrected chi connectivity index (χ1v) is 5.89. The topological polar surface area (TPSA) is 43.6 Å². The van der Waals surface area contributed by atoms with Gasteiger partial charge in [0.1, 0.15) is 10.8 Å².